The molecule has 0 bridgehead atoms. The van der Waals surface area contributed by atoms with Crippen LogP contribution in [0.3, 0.4) is 0 Å². The molecular weight excluding hydrogens is 383 g/mol. The van der Waals surface area contributed by atoms with Crippen LogP contribution in [0.5, 0.6) is 0 Å². The topological polar surface area (TPSA) is 78.9 Å². The summed E-state index contributed by atoms with van der Waals surface area (Å²) in [5.41, 5.74) is 0. The summed E-state index contributed by atoms with van der Waals surface area (Å²) in [7, 11) is 0. The Hall–Kier alpha value is -0.791. The van der Waals surface area contributed by atoms with Crippen molar-refractivity contribution in [3.8, 4) is 0 Å². The van der Waals surface area contributed by atoms with E-state index in [0.29, 0.717) is 6.42 Å². The molecule has 0 N–H and O–H groups in total. The molecule has 21 heavy (non-hydrogen) atoms. The second-order valence-corrected chi connectivity index (χ2v) is 6.16. The third-order valence-electron chi connectivity index (χ3n) is 2.56. The van der Waals surface area contributed by atoms with Gasteiger partial charge in [-0.15, -0.1) is 0 Å². The molecule has 0 saturated carbocycles. The molecule has 0 atom stereocenters. The predicted octanol–water partition coefficient (Wildman–Crippen LogP) is 2.26. The first-order valence-electron chi connectivity index (χ1n) is 7.04. The van der Waals surface area contributed by atoms with Crippen LogP contribution in [0.2, 0.25) is 4.44 Å². The maximum atomic E-state index is 11.2. The van der Waals surface area contributed by atoms with E-state index < -0.39 is 23.9 Å². The van der Waals surface area contributed by atoms with E-state index in [1.807, 2.05) is 0 Å². The van der Waals surface area contributed by atoms with Crippen LogP contribution < -0.4 is 0 Å². The fourth-order valence-electron chi connectivity index (χ4n) is 1.87. The zero-order valence-electron chi connectivity index (χ0n) is 12.9. The van der Waals surface area contributed by atoms with Gasteiger partial charge in [0.15, 0.2) is 0 Å². The molecule has 119 valence electrons. The van der Waals surface area contributed by atoms with Gasteiger partial charge in [0.1, 0.15) is 0 Å². The number of ether oxygens (including phenoxy) is 3. The van der Waals surface area contributed by atoms with Gasteiger partial charge in [0.25, 0.3) is 0 Å². The Bertz CT molecular complexity index is 315. The van der Waals surface area contributed by atoms with Crippen molar-refractivity contribution >= 4 is 40.4 Å². The van der Waals surface area contributed by atoms with Crippen LogP contribution in [-0.4, -0.2) is 46.4 Å². The second kappa shape index (κ2) is 10.9. The monoisotopic (exact) mass is 407 g/mol. The van der Waals surface area contributed by atoms with Gasteiger partial charge in [0.2, 0.25) is 0 Å². The van der Waals surface area contributed by atoms with Gasteiger partial charge in [-0.1, -0.05) is 0 Å². The van der Waals surface area contributed by atoms with Crippen molar-refractivity contribution in [1.82, 2.24) is 0 Å². The Labute approximate surface area is 139 Å². The number of unbranched alkanes of at least 4 members (excludes halogenated alkanes) is 4. The van der Waals surface area contributed by atoms with E-state index in [1.165, 1.54) is 31.6 Å². The van der Waals surface area contributed by atoms with Crippen molar-refractivity contribution in [3.05, 3.63) is 0 Å². The molecular formula is C14H23O6Sn. The molecule has 0 aromatic carbocycles. The van der Waals surface area contributed by atoms with Gasteiger partial charge < -0.3 is 0 Å². The Morgan fingerprint density at radius 1 is 0.762 bits per heavy atom. The first kappa shape index (κ1) is 20.2. The Kier molecular flexibility index (Phi) is 10.5. The van der Waals surface area contributed by atoms with Crippen LogP contribution in [-0.2, 0) is 28.6 Å². The second-order valence-electron chi connectivity index (χ2n) is 4.73. The molecule has 0 saturated heterocycles. The third-order valence-corrected chi connectivity index (χ3v) is 3.57. The SMILES string of the molecule is CC(=O)OC(CCCCCC[CH2][Sn])(OC(C)=O)OC(C)=O. The summed E-state index contributed by atoms with van der Waals surface area (Å²) in [5, 5.41) is 0. The summed E-state index contributed by atoms with van der Waals surface area (Å²) in [5.74, 6) is -3.95. The van der Waals surface area contributed by atoms with Crippen LogP contribution >= 0.6 is 0 Å². The van der Waals surface area contributed by atoms with E-state index in [-0.39, 0.29) is 6.42 Å². The van der Waals surface area contributed by atoms with Crippen molar-refractivity contribution in [2.24, 2.45) is 0 Å². The summed E-state index contributed by atoms with van der Waals surface area (Å²) in [4.78, 5) is 33.6. The fraction of sp³-hybridized carbons (Fsp3) is 0.786. The zero-order chi connectivity index (χ0) is 16.3. The van der Waals surface area contributed by atoms with Gasteiger partial charge in [-0.05, 0) is 0 Å². The zero-order valence-corrected chi connectivity index (χ0v) is 15.8. The molecule has 0 unspecified atom stereocenters. The molecule has 0 aromatic rings. The molecule has 6 nitrogen and oxygen atoms in total. The molecule has 0 fully saturated rings. The van der Waals surface area contributed by atoms with Crippen molar-refractivity contribution in [2.75, 3.05) is 0 Å². The van der Waals surface area contributed by atoms with Crippen molar-refractivity contribution in [3.63, 3.8) is 0 Å². The van der Waals surface area contributed by atoms with Gasteiger partial charge in [-0.3, -0.25) is 0 Å². The summed E-state index contributed by atoms with van der Waals surface area (Å²) in [6.45, 7) is 3.52. The Morgan fingerprint density at radius 2 is 1.14 bits per heavy atom. The standard InChI is InChI=1S/C14H23O6.Sn/c1-5-6-7-8-9-10-14(18-11(2)15,19-12(3)16)20-13(4)17;/h1,5-10H2,2-4H3;. The summed E-state index contributed by atoms with van der Waals surface area (Å²) >= 11 is 1.54. The first-order valence-corrected chi connectivity index (χ1v) is 9.06. The number of carbonyl (C=O) groups excluding carboxylic acids is 3. The number of carbonyl (C=O) groups is 3. The number of hydrogen-bond acceptors (Lipinski definition) is 6. The van der Waals surface area contributed by atoms with Crippen LogP contribution in [0, 0.1) is 0 Å². The molecule has 0 aliphatic rings. The van der Waals surface area contributed by atoms with E-state index in [0.717, 1.165) is 19.3 Å². The normalized spacial score (nSPS) is 10.9. The molecule has 0 aromatic heterocycles. The van der Waals surface area contributed by atoms with E-state index in [9.17, 15) is 14.4 Å². The van der Waals surface area contributed by atoms with Crippen molar-refractivity contribution in [1.29, 1.82) is 0 Å². The Balaban J connectivity index is 4.62. The fourth-order valence-corrected chi connectivity index (χ4v) is 2.58. The van der Waals surface area contributed by atoms with Crippen LogP contribution in [0.4, 0.5) is 0 Å². The molecule has 0 spiro atoms. The van der Waals surface area contributed by atoms with E-state index in [1.54, 1.807) is 22.5 Å². The summed E-state index contributed by atoms with van der Waals surface area (Å²) in [6.07, 6.45) is 5.06. The molecule has 3 radical (unpaired) electrons. The Morgan fingerprint density at radius 3 is 1.52 bits per heavy atom. The quantitative estimate of drug-likeness (QED) is 0.240. The van der Waals surface area contributed by atoms with Crippen molar-refractivity contribution < 1.29 is 28.6 Å². The van der Waals surface area contributed by atoms with Crippen molar-refractivity contribution in [2.45, 2.75) is 69.7 Å². The van der Waals surface area contributed by atoms with E-state index >= 15 is 0 Å². The molecule has 0 rings (SSSR count). The predicted molar refractivity (Wildman–Crippen MR) is 76.3 cm³/mol. The van der Waals surface area contributed by atoms with Gasteiger partial charge in [0, 0.05) is 0 Å². The van der Waals surface area contributed by atoms with Crippen LogP contribution in [0.15, 0.2) is 0 Å². The van der Waals surface area contributed by atoms with Gasteiger partial charge >= 0.3 is 139 Å². The molecule has 0 aliphatic carbocycles. The molecule has 0 amide bonds. The maximum absolute atomic E-state index is 11.2. The summed E-state index contributed by atoms with van der Waals surface area (Å²) < 4.78 is 16.1. The third kappa shape index (κ3) is 10.6. The van der Waals surface area contributed by atoms with E-state index in [2.05, 4.69) is 0 Å². The van der Waals surface area contributed by atoms with Gasteiger partial charge in [0.05, 0.1) is 0 Å². The molecule has 0 aliphatic heterocycles. The van der Waals surface area contributed by atoms with Gasteiger partial charge in [-0.25, -0.2) is 0 Å². The van der Waals surface area contributed by atoms with Crippen LogP contribution in [0.1, 0.15) is 59.3 Å². The number of rotatable bonds is 10. The minimum atomic E-state index is -1.93. The van der Waals surface area contributed by atoms with Crippen LogP contribution in [0.25, 0.3) is 0 Å². The first-order chi connectivity index (χ1) is 9.81. The molecule has 7 heteroatoms. The minimum absolute atomic E-state index is 0.142. The number of esters is 3. The average Bonchev–Trinajstić information content (AvgIpc) is 2.30. The number of hydrogen-bond donors (Lipinski definition) is 0. The summed E-state index contributed by atoms with van der Waals surface area (Å²) in [6, 6.07) is 0. The average molecular weight is 406 g/mol. The van der Waals surface area contributed by atoms with E-state index in [4.69, 9.17) is 14.2 Å². The van der Waals surface area contributed by atoms with Gasteiger partial charge in [-0.2, -0.15) is 0 Å². The molecule has 0 heterocycles.